The maximum absolute atomic E-state index is 13.2. The Morgan fingerprint density at radius 1 is 0.889 bits per heavy atom. The highest BCUT2D eigenvalue weighted by Gasteiger charge is 2.43. The molecular weight excluding hydrogens is 619 g/mol. The molecule has 3 heterocycles. The first-order valence-electron chi connectivity index (χ1n) is 13.3. The van der Waals surface area contributed by atoms with Crippen molar-refractivity contribution in [3.63, 3.8) is 0 Å². The summed E-state index contributed by atoms with van der Waals surface area (Å²) in [6, 6.07) is 14.9. The standard InChI is InChI=1S/C24H28FN5O.2C2HF3O2/c1-28-16-22-26-27-23(19-5-9-21(31-2)10-6-19)30(22)24(17-28)11-13-29(14-12-24)15-18-3-7-20(25)8-4-18;2*3-2(4,5)1(6)7/h3-10H,11-17H2,1-2H3;2*(H,6,7). The van der Waals surface area contributed by atoms with Crippen LogP contribution >= 0.6 is 0 Å². The van der Waals surface area contributed by atoms with Gasteiger partial charge in [-0.1, -0.05) is 12.1 Å². The van der Waals surface area contributed by atoms with E-state index in [-0.39, 0.29) is 11.4 Å². The van der Waals surface area contributed by atoms with E-state index in [1.54, 1.807) is 19.2 Å². The molecule has 1 spiro atoms. The minimum absolute atomic E-state index is 0.0135. The lowest BCUT2D eigenvalue weighted by atomic mass is 9.84. The molecule has 17 heteroatoms. The molecule has 0 aliphatic carbocycles. The smallest absolute Gasteiger partial charge is 0.490 e. The van der Waals surface area contributed by atoms with Crippen molar-refractivity contribution in [2.75, 3.05) is 33.8 Å². The Bertz CT molecular complexity index is 1410. The second-order valence-electron chi connectivity index (χ2n) is 10.4. The molecule has 2 aliphatic heterocycles. The summed E-state index contributed by atoms with van der Waals surface area (Å²) < 4.78 is 84.4. The molecule has 0 radical (unpaired) electrons. The third-order valence-corrected chi connectivity index (χ3v) is 7.12. The van der Waals surface area contributed by atoms with E-state index in [4.69, 9.17) is 24.5 Å². The SMILES string of the molecule is COc1ccc(-c2nnc3n2C2(CCN(Cc4ccc(F)cc4)CC2)CN(C)C3)cc1.O=C(O)C(F)(F)F.O=C(O)C(F)(F)F. The van der Waals surface area contributed by atoms with Gasteiger partial charge >= 0.3 is 24.3 Å². The highest BCUT2D eigenvalue weighted by atomic mass is 19.4. The number of fused-ring (bicyclic) bond motifs is 2. The van der Waals surface area contributed by atoms with Gasteiger partial charge in [-0.25, -0.2) is 14.0 Å². The number of rotatable bonds is 4. The van der Waals surface area contributed by atoms with Crippen molar-refractivity contribution in [3.8, 4) is 17.1 Å². The van der Waals surface area contributed by atoms with Crippen LogP contribution in [0.3, 0.4) is 0 Å². The number of nitrogens with zero attached hydrogens (tertiary/aromatic N) is 5. The number of aromatic nitrogens is 3. The van der Waals surface area contributed by atoms with Gasteiger partial charge in [0.05, 0.1) is 19.2 Å². The minimum atomic E-state index is -5.08. The first-order chi connectivity index (χ1) is 20.9. The molecule has 10 nitrogen and oxygen atoms in total. The van der Waals surface area contributed by atoms with Crippen molar-refractivity contribution in [2.45, 2.75) is 43.8 Å². The van der Waals surface area contributed by atoms with Crippen LogP contribution in [0.25, 0.3) is 11.4 Å². The zero-order valence-electron chi connectivity index (χ0n) is 24.1. The Morgan fingerprint density at radius 2 is 1.40 bits per heavy atom. The molecule has 1 fully saturated rings. The Labute approximate surface area is 252 Å². The number of hydrogen-bond acceptors (Lipinski definition) is 7. The Balaban J connectivity index is 0.000000331. The number of methoxy groups -OCH3 is 1. The number of carboxylic acid groups (broad SMARTS) is 2. The van der Waals surface area contributed by atoms with E-state index < -0.39 is 24.3 Å². The van der Waals surface area contributed by atoms with E-state index in [2.05, 4.69) is 43.7 Å². The molecule has 0 saturated carbocycles. The third kappa shape index (κ3) is 9.37. The van der Waals surface area contributed by atoms with Crippen molar-refractivity contribution in [2.24, 2.45) is 0 Å². The van der Waals surface area contributed by atoms with Crippen LogP contribution in [0, 0.1) is 5.82 Å². The van der Waals surface area contributed by atoms with Crippen LogP contribution in [0.15, 0.2) is 48.5 Å². The average molecular weight is 650 g/mol. The second-order valence-corrected chi connectivity index (χ2v) is 10.4. The fourth-order valence-electron chi connectivity index (χ4n) is 5.07. The lowest BCUT2D eigenvalue weighted by Gasteiger charge is -2.48. The molecule has 0 bridgehead atoms. The molecule has 2 aromatic carbocycles. The van der Waals surface area contributed by atoms with Gasteiger partial charge in [0, 0.05) is 31.7 Å². The summed E-state index contributed by atoms with van der Waals surface area (Å²) in [5.41, 5.74) is 2.21. The van der Waals surface area contributed by atoms with E-state index in [1.165, 1.54) is 0 Å². The molecule has 3 aromatic rings. The number of halogens is 7. The lowest BCUT2D eigenvalue weighted by Crippen LogP contribution is -2.55. The van der Waals surface area contributed by atoms with Crippen LogP contribution in [0.5, 0.6) is 5.75 Å². The molecule has 45 heavy (non-hydrogen) atoms. The normalized spacial score (nSPS) is 16.5. The van der Waals surface area contributed by atoms with Crippen molar-refractivity contribution < 1.29 is 55.3 Å². The molecule has 5 rings (SSSR count). The second kappa shape index (κ2) is 14.2. The summed E-state index contributed by atoms with van der Waals surface area (Å²) in [5, 5.41) is 23.4. The number of aliphatic carboxylic acids is 2. The number of likely N-dealkylation sites (tertiary alicyclic amines) is 1. The number of carboxylic acids is 2. The zero-order valence-corrected chi connectivity index (χ0v) is 24.1. The summed E-state index contributed by atoms with van der Waals surface area (Å²) in [5.74, 6) is -2.88. The summed E-state index contributed by atoms with van der Waals surface area (Å²) in [6.07, 6.45) is -8.10. The van der Waals surface area contributed by atoms with Gasteiger partial charge in [0.15, 0.2) is 5.82 Å². The summed E-state index contributed by atoms with van der Waals surface area (Å²) >= 11 is 0. The first-order valence-corrected chi connectivity index (χ1v) is 13.3. The summed E-state index contributed by atoms with van der Waals surface area (Å²) in [4.78, 5) is 22.6. The summed E-state index contributed by atoms with van der Waals surface area (Å²) in [7, 11) is 3.84. The fourth-order valence-corrected chi connectivity index (χ4v) is 5.07. The predicted octanol–water partition coefficient (Wildman–Crippen LogP) is 4.80. The van der Waals surface area contributed by atoms with Crippen molar-refractivity contribution in [3.05, 3.63) is 65.7 Å². The van der Waals surface area contributed by atoms with Crippen LogP contribution in [0.1, 0.15) is 24.2 Å². The Morgan fingerprint density at radius 3 is 1.87 bits per heavy atom. The van der Waals surface area contributed by atoms with E-state index in [9.17, 15) is 30.7 Å². The van der Waals surface area contributed by atoms with E-state index >= 15 is 0 Å². The summed E-state index contributed by atoms with van der Waals surface area (Å²) in [6.45, 7) is 4.64. The van der Waals surface area contributed by atoms with Crippen LogP contribution < -0.4 is 4.74 Å². The maximum Gasteiger partial charge on any atom is 0.490 e. The molecule has 2 aliphatic rings. The minimum Gasteiger partial charge on any atom is -0.497 e. The lowest BCUT2D eigenvalue weighted by molar-refractivity contribution is -0.193. The monoisotopic (exact) mass is 649 g/mol. The number of alkyl halides is 6. The van der Waals surface area contributed by atoms with Gasteiger partial charge in [-0.3, -0.25) is 9.80 Å². The molecular formula is C28H30F7N5O5. The molecule has 1 aromatic heterocycles. The maximum atomic E-state index is 13.2. The fraction of sp³-hybridized carbons (Fsp3) is 0.429. The van der Waals surface area contributed by atoms with E-state index in [0.717, 1.165) is 74.1 Å². The van der Waals surface area contributed by atoms with Gasteiger partial charge < -0.3 is 19.5 Å². The zero-order chi connectivity index (χ0) is 33.6. The topological polar surface area (TPSA) is 121 Å². The van der Waals surface area contributed by atoms with Crippen LogP contribution in [-0.2, 0) is 28.2 Å². The van der Waals surface area contributed by atoms with Crippen molar-refractivity contribution >= 4 is 11.9 Å². The van der Waals surface area contributed by atoms with Gasteiger partial charge in [-0.05, 0) is 61.9 Å². The molecule has 1 saturated heterocycles. The van der Waals surface area contributed by atoms with Gasteiger partial charge in [0.1, 0.15) is 17.4 Å². The Kier molecular flexibility index (Phi) is 11.1. The van der Waals surface area contributed by atoms with Crippen LogP contribution in [0.2, 0.25) is 0 Å². The van der Waals surface area contributed by atoms with Gasteiger partial charge in [0.2, 0.25) is 0 Å². The quantitative estimate of drug-likeness (QED) is 0.384. The van der Waals surface area contributed by atoms with Gasteiger partial charge in [-0.2, -0.15) is 26.3 Å². The van der Waals surface area contributed by atoms with Crippen LogP contribution in [-0.4, -0.2) is 92.9 Å². The highest BCUT2D eigenvalue weighted by Crippen LogP contribution is 2.39. The Hall–Kier alpha value is -4.25. The van der Waals surface area contributed by atoms with E-state index in [1.807, 2.05) is 24.3 Å². The average Bonchev–Trinajstić information content (AvgIpc) is 3.40. The largest absolute Gasteiger partial charge is 0.497 e. The molecule has 246 valence electrons. The number of hydrogen-bond donors (Lipinski definition) is 2. The number of ether oxygens (including phenoxy) is 1. The number of likely N-dealkylation sites (N-methyl/N-ethyl adjacent to an activating group) is 1. The molecule has 0 atom stereocenters. The molecule has 2 N–H and O–H groups in total. The van der Waals surface area contributed by atoms with E-state index in [0.29, 0.717) is 0 Å². The van der Waals surface area contributed by atoms with Gasteiger partial charge in [0.25, 0.3) is 0 Å². The number of carbonyl (C=O) groups is 2. The van der Waals surface area contributed by atoms with Crippen LogP contribution in [0.4, 0.5) is 30.7 Å². The van der Waals surface area contributed by atoms with Crippen molar-refractivity contribution in [1.82, 2.24) is 24.6 Å². The van der Waals surface area contributed by atoms with Gasteiger partial charge in [-0.15, -0.1) is 10.2 Å². The first kappa shape index (κ1) is 35.2. The number of benzene rings is 2. The predicted molar refractivity (Wildman–Crippen MR) is 145 cm³/mol. The molecule has 0 amide bonds. The number of piperidine rings is 1. The molecule has 0 unspecified atom stereocenters. The highest BCUT2D eigenvalue weighted by molar-refractivity contribution is 5.73. The van der Waals surface area contributed by atoms with Crippen molar-refractivity contribution in [1.29, 1.82) is 0 Å². The third-order valence-electron chi connectivity index (χ3n) is 7.12.